The molecule has 23 heavy (non-hydrogen) atoms. The van der Waals surface area contributed by atoms with Crippen molar-refractivity contribution in [1.29, 1.82) is 0 Å². The van der Waals surface area contributed by atoms with Gasteiger partial charge >= 0.3 is 0 Å². The lowest BCUT2D eigenvalue weighted by atomic mass is 10.1. The van der Waals surface area contributed by atoms with Crippen LogP contribution in [0.25, 0.3) is 4.96 Å². The first kappa shape index (κ1) is 14.9. The van der Waals surface area contributed by atoms with Crippen molar-refractivity contribution in [2.45, 2.75) is 42.5 Å². The van der Waals surface area contributed by atoms with Crippen molar-refractivity contribution in [2.75, 3.05) is 0 Å². The fourth-order valence-corrected chi connectivity index (χ4v) is 4.64. The molecule has 1 aliphatic carbocycles. The molecule has 0 bridgehead atoms. The summed E-state index contributed by atoms with van der Waals surface area (Å²) in [6.07, 6.45) is 6.75. The third kappa shape index (κ3) is 2.81. The van der Waals surface area contributed by atoms with Crippen molar-refractivity contribution in [3.8, 4) is 0 Å². The maximum absolute atomic E-state index is 12.0. The van der Waals surface area contributed by atoms with Gasteiger partial charge in [-0.3, -0.25) is 9.20 Å². The van der Waals surface area contributed by atoms with Crippen molar-refractivity contribution < 1.29 is 0 Å². The second kappa shape index (κ2) is 6.09. The molecule has 0 saturated heterocycles. The zero-order valence-corrected chi connectivity index (χ0v) is 14.4. The van der Waals surface area contributed by atoms with Crippen LogP contribution in [0.3, 0.4) is 0 Å². The summed E-state index contributed by atoms with van der Waals surface area (Å²) in [6.45, 7) is 0. The highest BCUT2D eigenvalue weighted by atomic mass is 32.2. The lowest BCUT2D eigenvalue weighted by molar-refractivity contribution is 0.616. The van der Waals surface area contributed by atoms with Crippen molar-refractivity contribution in [3.63, 3.8) is 0 Å². The van der Waals surface area contributed by atoms with E-state index in [1.165, 1.54) is 37.0 Å². The minimum absolute atomic E-state index is 0.0311. The third-order valence-corrected chi connectivity index (χ3v) is 6.10. The Hall–Kier alpha value is -1.67. The first-order chi connectivity index (χ1) is 11.2. The number of thioether (sulfide) groups is 1. The lowest BCUT2D eigenvalue weighted by Gasteiger charge is -2.08. The molecule has 1 aliphatic rings. The van der Waals surface area contributed by atoms with E-state index in [1.54, 1.807) is 28.4 Å². The molecule has 8 heteroatoms. The summed E-state index contributed by atoms with van der Waals surface area (Å²) in [6, 6.07) is 1.60. The van der Waals surface area contributed by atoms with E-state index in [-0.39, 0.29) is 5.56 Å². The smallest absolute Gasteiger partial charge is 0.258 e. The highest BCUT2D eigenvalue weighted by Gasteiger charge is 2.23. The van der Waals surface area contributed by atoms with Gasteiger partial charge in [0.1, 0.15) is 5.82 Å². The summed E-state index contributed by atoms with van der Waals surface area (Å²) in [4.78, 5) is 17.3. The third-order valence-electron chi connectivity index (χ3n) is 4.29. The molecule has 1 fully saturated rings. The van der Waals surface area contributed by atoms with Crippen molar-refractivity contribution in [3.05, 3.63) is 39.5 Å². The molecule has 4 rings (SSSR count). The van der Waals surface area contributed by atoms with Crippen LogP contribution < -0.4 is 5.56 Å². The summed E-state index contributed by atoms with van der Waals surface area (Å²) in [5.41, 5.74) is 0.754. The second-order valence-electron chi connectivity index (χ2n) is 5.81. The van der Waals surface area contributed by atoms with Gasteiger partial charge in [0.25, 0.3) is 5.56 Å². The molecule has 6 nitrogen and oxygen atoms in total. The highest BCUT2D eigenvalue weighted by Crippen LogP contribution is 2.34. The molecule has 0 radical (unpaired) electrons. The quantitative estimate of drug-likeness (QED) is 0.679. The fraction of sp³-hybridized carbons (Fsp3) is 0.467. The van der Waals surface area contributed by atoms with Crippen molar-refractivity contribution in [2.24, 2.45) is 7.05 Å². The van der Waals surface area contributed by atoms with E-state index < -0.39 is 0 Å². The molecule has 3 aromatic rings. The van der Waals surface area contributed by atoms with Gasteiger partial charge in [-0.05, 0) is 12.8 Å². The Morgan fingerprint density at radius 1 is 1.35 bits per heavy atom. The van der Waals surface area contributed by atoms with Crippen LogP contribution in [0.15, 0.2) is 27.6 Å². The van der Waals surface area contributed by atoms with E-state index in [2.05, 4.69) is 19.7 Å². The van der Waals surface area contributed by atoms with Crippen LogP contribution in [-0.2, 0) is 12.8 Å². The molecular weight excluding hydrogens is 330 g/mol. The van der Waals surface area contributed by atoms with Gasteiger partial charge < -0.3 is 4.57 Å². The van der Waals surface area contributed by atoms with Crippen LogP contribution in [0.4, 0.5) is 0 Å². The first-order valence-electron chi connectivity index (χ1n) is 7.70. The first-order valence-corrected chi connectivity index (χ1v) is 9.57. The van der Waals surface area contributed by atoms with Gasteiger partial charge in [-0.15, -0.1) is 21.5 Å². The summed E-state index contributed by atoms with van der Waals surface area (Å²) < 4.78 is 3.66. The Kier molecular flexibility index (Phi) is 3.94. The Labute approximate surface area is 141 Å². The van der Waals surface area contributed by atoms with E-state index >= 15 is 0 Å². The summed E-state index contributed by atoms with van der Waals surface area (Å²) in [5, 5.41) is 11.5. The van der Waals surface area contributed by atoms with Gasteiger partial charge in [0, 0.05) is 36.4 Å². The molecule has 0 unspecified atom stereocenters. The number of hydrogen-bond donors (Lipinski definition) is 0. The molecule has 0 N–H and O–H groups in total. The zero-order valence-electron chi connectivity index (χ0n) is 12.8. The van der Waals surface area contributed by atoms with E-state index in [9.17, 15) is 4.79 Å². The molecule has 1 saturated carbocycles. The van der Waals surface area contributed by atoms with E-state index in [0.717, 1.165) is 21.6 Å². The average Bonchev–Trinajstić information content (AvgIpc) is 3.25. The summed E-state index contributed by atoms with van der Waals surface area (Å²) >= 11 is 3.05. The van der Waals surface area contributed by atoms with Crippen molar-refractivity contribution in [1.82, 2.24) is 24.1 Å². The predicted molar refractivity (Wildman–Crippen MR) is 91.1 cm³/mol. The standard InChI is InChI=1S/C15H17N5OS2/c1-19-13(10-4-2-3-5-10)17-18-15(19)23-9-11-8-12(21)20-6-7-22-14(20)16-11/h6-8,10H,2-5,9H2,1H3. The minimum atomic E-state index is -0.0311. The van der Waals surface area contributed by atoms with Gasteiger partial charge in [0.15, 0.2) is 10.1 Å². The second-order valence-corrected chi connectivity index (χ2v) is 7.63. The van der Waals surface area contributed by atoms with Gasteiger partial charge in [-0.2, -0.15) is 0 Å². The van der Waals surface area contributed by atoms with Crippen LogP contribution in [0.5, 0.6) is 0 Å². The molecule has 3 aromatic heterocycles. The maximum Gasteiger partial charge on any atom is 0.258 e. The van der Waals surface area contributed by atoms with E-state index in [4.69, 9.17) is 0 Å². The van der Waals surface area contributed by atoms with Crippen molar-refractivity contribution >= 4 is 28.1 Å². The Morgan fingerprint density at radius 3 is 3.00 bits per heavy atom. The minimum Gasteiger partial charge on any atom is -0.309 e. The van der Waals surface area contributed by atoms with Crippen LogP contribution in [0, 0.1) is 0 Å². The molecule has 120 valence electrons. The average molecular weight is 347 g/mol. The molecule has 0 aromatic carbocycles. The predicted octanol–water partition coefficient (Wildman–Crippen LogP) is 2.83. The van der Waals surface area contributed by atoms with E-state index in [1.807, 2.05) is 12.4 Å². The van der Waals surface area contributed by atoms with Crippen LogP contribution in [0.2, 0.25) is 0 Å². The van der Waals surface area contributed by atoms with Crippen LogP contribution in [-0.4, -0.2) is 24.1 Å². The number of hydrogen-bond acceptors (Lipinski definition) is 6. The lowest BCUT2D eigenvalue weighted by Crippen LogP contribution is -2.12. The number of rotatable bonds is 4. The number of aromatic nitrogens is 5. The van der Waals surface area contributed by atoms with Crippen LogP contribution in [0.1, 0.15) is 43.1 Å². The Bertz CT molecular complexity index is 891. The van der Waals surface area contributed by atoms with Gasteiger partial charge in [-0.25, -0.2) is 4.98 Å². The molecule has 3 heterocycles. The molecular formula is C15H17N5OS2. The highest BCUT2D eigenvalue weighted by molar-refractivity contribution is 7.98. The summed E-state index contributed by atoms with van der Waals surface area (Å²) in [5.74, 6) is 2.26. The summed E-state index contributed by atoms with van der Waals surface area (Å²) in [7, 11) is 2.03. The maximum atomic E-state index is 12.0. The number of fused-ring (bicyclic) bond motifs is 1. The normalized spacial score (nSPS) is 15.7. The Balaban J connectivity index is 1.53. The molecule has 0 spiro atoms. The molecule has 0 aliphatic heterocycles. The van der Waals surface area contributed by atoms with E-state index in [0.29, 0.717) is 11.7 Å². The monoisotopic (exact) mass is 347 g/mol. The topological polar surface area (TPSA) is 65.1 Å². The van der Waals surface area contributed by atoms with Gasteiger partial charge in [-0.1, -0.05) is 24.6 Å². The largest absolute Gasteiger partial charge is 0.309 e. The number of nitrogens with zero attached hydrogens (tertiary/aromatic N) is 5. The van der Waals surface area contributed by atoms with Gasteiger partial charge in [0.05, 0.1) is 5.69 Å². The molecule has 0 amide bonds. The fourth-order valence-electron chi connectivity index (χ4n) is 3.09. The number of thiazole rings is 1. The van der Waals surface area contributed by atoms with Crippen LogP contribution >= 0.6 is 23.1 Å². The zero-order chi connectivity index (χ0) is 15.8. The SMILES string of the molecule is Cn1c(SCc2cc(=O)n3ccsc3n2)nnc1C1CCCC1. The van der Waals surface area contributed by atoms with Gasteiger partial charge in [0.2, 0.25) is 0 Å². The Morgan fingerprint density at radius 2 is 2.17 bits per heavy atom. The molecule has 0 atom stereocenters.